The van der Waals surface area contributed by atoms with Gasteiger partial charge in [-0.05, 0) is 48.6 Å². The fraction of sp³-hybridized carbons (Fsp3) is 0.222. The molecule has 0 amide bonds. The first-order chi connectivity index (χ1) is 16.8. The summed E-state index contributed by atoms with van der Waals surface area (Å²) in [6.45, 7) is 0. The van der Waals surface area contributed by atoms with Gasteiger partial charge in [0.05, 0.1) is 5.52 Å². The lowest BCUT2D eigenvalue weighted by Gasteiger charge is -2.21. The third-order valence-corrected chi connectivity index (χ3v) is 7.60. The van der Waals surface area contributed by atoms with Crippen molar-refractivity contribution in [3.63, 3.8) is 0 Å². The molecule has 6 nitrogen and oxygen atoms in total. The van der Waals surface area contributed by atoms with E-state index in [1.54, 1.807) is 23.5 Å². The second kappa shape index (κ2) is 8.91. The molecule has 7 heteroatoms. The molecule has 2 aromatic heterocycles. The molecule has 5 aromatic rings. The number of rotatable bonds is 4. The van der Waals surface area contributed by atoms with E-state index in [9.17, 15) is 4.79 Å². The maximum absolute atomic E-state index is 12.9. The summed E-state index contributed by atoms with van der Waals surface area (Å²) >= 11 is 1.56. The van der Waals surface area contributed by atoms with Crippen LogP contribution in [0.2, 0.25) is 0 Å². The molecule has 0 spiro atoms. The molecule has 2 heterocycles. The zero-order chi connectivity index (χ0) is 22.9. The molecule has 0 N–H and O–H groups in total. The van der Waals surface area contributed by atoms with Gasteiger partial charge in [0.2, 0.25) is 0 Å². The van der Waals surface area contributed by atoms with Gasteiger partial charge in [0.1, 0.15) is 15.5 Å². The zero-order valence-corrected chi connectivity index (χ0v) is 19.4. The summed E-state index contributed by atoms with van der Waals surface area (Å²) in [7, 11) is 0. The van der Waals surface area contributed by atoms with E-state index in [4.69, 9.17) is 0 Å². The van der Waals surface area contributed by atoms with Crippen LogP contribution in [-0.2, 0) is 0 Å². The van der Waals surface area contributed by atoms with E-state index >= 15 is 0 Å². The molecule has 0 aliphatic heterocycles. The average molecular weight is 466 g/mol. The van der Waals surface area contributed by atoms with E-state index in [1.165, 1.54) is 42.3 Å². The predicted molar refractivity (Wildman–Crippen MR) is 134 cm³/mol. The van der Waals surface area contributed by atoms with Gasteiger partial charge < -0.3 is 0 Å². The molecule has 168 valence electrons. The summed E-state index contributed by atoms with van der Waals surface area (Å²) in [5.74, 6) is 0.487. The molecule has 34 heavy (non-hydrogen) atoms. The quantitative estimate of drug-likeness (QED) is 0.309. The third kappa shape index (κ3) is 3.92. The lowest BCUT2D eigenvalue weighted by molar-refractivity contribution is 0.0948. The SMILES string of the molecule is O=C(c1ccc(-c2nnc(-c3ccc(C4CCCCC4)cc3)s2)cc1)n1nnc2ccccc21. The smallest absolute Gasteiger partial charge is 0.267 e. The number of benzene rings is 3. The van der Waals surface area contributed by atoms with E-state index in [-0.39, 0.29) is 5.91 Å². The Morgan fingerprint density at radius 3 is 2.12 bits per heavy atom. The van der Waals surface area contributed by atoms with E-state index in [1.807, 2.05) is 36.4 Å². The van der Waals surface area contributed by atoms with Gasteiger partial charge in [-0.2, -0.15) is 4.68 Å². The largest absolute Gasteiger partial charge is 0.280 e. The topological polar surface area (TPSA) is 73.6 Å². The fourth-order valence-corrected chi connectivity index (χ4v) is 5.54. The highest BCUT2D eigenvalue weighted by Gasteiger charge is 2.17. The number of hydrogen-bond donors (Lipinski definition) is 0. The molecule has 3 aromatic carbocycles. The van der Waals surface area contributed by atoms with Crippen molar-refractivity contribution >= 4 is 28.3 Å². The maximum Gasteiger partial charge on any atom is 0.280 e. The van der Waals surface area contributed by atoms with Crippen LogP contribution in [0.3, 0.4) is 0 Å². The molecule has 1 aliphatic carbocycles. The molecule has 0 unspecified atom stereocenters. The number of carbonyl (C=O) groups excluding carboxylic acids is 1. The Morgan fingerprint density at radius 1 is 0.765 bits per heavy atom. The molecule has 0 saturated heterocycles. The van der Waals surface area contributed by atoms with Gasteiger partial charge in [0.15, 0.2) is 0 Å². The van der Waals surface area contributed by atoms with Crippen molar-refractivity contribution in [3.8, 4) is 21.1 Å². The first-order valence-corrected chi connectivity index (χ1v) is 12.5. The van der Waals surface area contributed by atoms with Gasteiger partial charge in [0, 0.05) is 16.7 Å². The Labute approximate surface area is 201 Å². The first kappa shape index (κ1) is 20.9. The van der Waals surface area contributed by atoms with Crippen molar-refractivity contribution in [1.29, 1.82) is 0 Å². The highest BCUT2D eigenvalue weighted by atomic mass is 32.1. The molecule has 1 aliphatic rings. The maximum atomic E-state index is 12.9. The Kier molecular flexibility index (Phi) is 5.47. The Balaban J connectivity index is 1.20. The van der Waals surface area contributed by atoms with E-state index in [2.05, 4.69) is 44.8 Å². The third-order valence-electron chi connectivity index (χ3n) is 6.58. The molecule has 0 radical (unpaired) electrons. The minimum Gasteiger partial charge on any atom is -0.267 e. The van der Waals surface area contributed by atoms with Crippen LogP contribution in [0.5, 0.6) is 0 Å². The molecule has 0 bridgehead atoms. The summed E-state index contributed by atoms with van der Waals surface area (Å²) in [6.07, 6.45) is 6.65. The van der Waals surface area contributed by atoms with Crippen molar-refractivity contribution in [3.05, 3.63) is 83.9 Å². The summed E-state index contributed by atoms with van der Waals surface area (Å²) in [5.41, 5.74) is 5.40. The van der Waals surface area contributed by atoms with Crippen LogP contribution in [0.1, 0.15) is 53.9 Å². The van der Waals surface area contributed by atoms with Crippen molar-refractivity contribution in [2.75, 3.05) is 0 Å². The van der Waals surface area contributed by atoms with Crippen molar-refractivity contribution in [2.24, 2.45) is 0 Å². The van der Waals surface area contributed by atoms with E-state index in [0.717, 1.165) is 21.1 Å². The predicted octanol–water partition coefficient (Wildman–Crippen LogP) is 6.35. The monoisotopic (exact) mass is 465 g/mol. The van der Waals surface area contributed by atoms with Crippen LogP contribution < -0.4 is 0 Å². The second-order valence-corrected chi connectivity index (χ2v) is 9.72. The minimum atomic E-state index is -0.212. The van der Waals surface area contributed by atoms with Gasteiger partial charge in [-0.15, -0.1) is 15.3 Å². The number of hydrogen-bond acceptors (Lipinski definition) is 6. The number of fused-ring (bicyclic) bond motifs is 1. The van der Waals surface area contributed by atoms with Crippen LogP contribution in [0.15, 0.2) is 72.8 Å². The second-order valence-electron chi connectivity index (χ2n) is 8.74. The van der Waals surface area contributed by atoms with Crippen LogP contribution in [0.4, 0.5) is 0 Å². The molecule has 1 fully saturated rings. The van der Waals surface area contributed by atoms with Gasteiger partial charge >= 0.3 is 0 Å². The summed E-state index contributed by atoms with van der Waals surface area (Å²) in [6, 6.07) is 23.7. The van der Waals surface area contributed by atoms with Crippen molar-refractivity contribution in [2.45, 2.75) is 38.0 Å². The first-order valence-electron chi connectivity index (χ1n) is 11.7. The van der Waals surface area contributed by atoms with Crippen LogP contribution in [-0.4, -0.2) is 31.1 Å². The standard InChI is InChI=1S/C27H23N5OS/c33-27(32-24-9-5-4-8-23(24)28-31-32)22-16-14-21(15-17-22)26-30-29-25(34-26)20-12-10-19(11-13-20)18-6-2-1-3-7-18/h4-5,8-18H,1-3,6-7H2. The normalized spacial score (nSPS) is 14.5. The fourth-order valence-electron chi connectivity index (χ4n) is 4.69. The lowest BCUT2D eigenvalue weighted by Crippen LogP contribution is -2.13. The van der Waals surface area contributed by atoms with Crippen molar-refractivity contribution in [1.82, 2.24) is 25.2 Å². The van der Waals surface area contributed by atoms with Gasteiger partial charge in [-0.25, -0.2) is 0 Å². The number of nitrogens with zero attached hydrogens (tertiary/aromatic N) is 5. The van der Waals surface area contributed by atoms with Gasteiger partial charge in [-0.1, -0.05) is 84.3 Å². The van der Waals surface area contributed by atoms with Crippen LogP contribution >= 0.6 is 11.3 Å². The van der Waals surface area contributed by atoms with Crippen molar-refractivity contribution < 1.29 is 4.79 Å². The Morgan fingerprint density at radius 2 is 1.41 bits per heavy atom. The Bertz CT molecular complexity index is 1450. The molecular formula is C27H23N5OS. The number of aromatic nitrogens is 5. The van der Waals surface area contributed by atoms with Gasteiger partial charge in [-0.3, -0.25) is 4.79 Å². The molecule has 0 atom stereocenters. The lowest BCUT2D eigenvalue weighted by atomic mass is 9.84. The average Bonchev–Trinajstić information content (AvgIpc) is 3.57. The van der Waals surface area contributed by atoms with E-state index < -0.39 is 0 Å². The number of para-hydroxylation sites is 1. The highest BCUT2D eigenvalue weighted by Crippen LogP contribution is 2.35. The molecule has 6 rings (SSSR count). The molecular weight excluding hydrogens is 442 g/mol. The van der Waals surface area contributed by atoms with Gasteiger partial charge in [0.25, 0.3) is 5.91 Å². The summed E-state index contributed by atoms with van der Waals surface area (Å²) < 4.78 is 1.34. The zero-order valence-electron chi connectivity index (χ0n) is 18.6. The number of carbonyl (C=O) groups is 1. The van der Waals surface area contributed by atoms with E-state index in [0.29, 0.717) is 22.5 Å². The van der Waals surface area contributed by atoms with Crippen LogP contribution in [0, 0.1) is 0 Å². The van der Waals surface area contributed by atoms with Crippen LogP contribution in [0.25, 0.3) is 32.2 Å². The Hall–Kier alpha value is -3.71. The molecule has 1 saturated carbocycles. The highest BCUT2D eigenvalue weighted by molar-refractivity contribution is 7.17. The summed E-state index contributed by atoms with van der Waals surface area (Å²) in [5, 5.41) is 18.6. The minimum absolute atomic E-state index is 0.212. The summed E-state index contributed by atoms with van der Waals surface area (Å²) in [4.78, 5) is 12.9.